The minimum atomic E-state index is 0.0708. The maximum absolute atomic E-state index is 5.56. The highest BCUT2D eigenvalue weighted by Gasteiger charge is 2.29. The van der Waals surface area contributed by atoms with Crippen LogP contribution in [-0.2, 0) is 4.74 Å². The van der Waals surface area contributed by atoms with Gasteiger partial charge in [0.25, 0.3) is 0 Å². The van der Waals surface area contributed by atoms with Crippen molar-refractivity contribution in [2.75, 3.05) is 12.5 Å². The van der Waals surface area contributed by atoms with Gasteiger partial charge in [0.2, 0.25) is 0 Å². The second kappa shape index (κ2) is 3.59. The van der Waals surface area contributed by atoms with Crippen LogP contribution in [0.15, 0.2) is 12.2 Å². The van der Waals surface area contributed by atoms with E-state index in [0.717, 1.165) is 13.0 Å². The van der Waals surface area contributed by atoms with Crippen LogP contribution in [0, 0.1) is 5.92 Å². The Kier molecular flexibility index (Phi) is 2.97. The molecule has 0 amide bonds. The lowest BCUT2D eigenvalue weighted by Crippen LogP contribution is -2.16. The normalized spacial score (nSPS) is 29.9. The second-order valence-corrected chi connectivity index (χ2v) is 3.93. The van der Waals surface area contributed by atoms with Gasteiger partial charge < -0.3 is 4.74 Å². The summed E-state index contributed by atoms with van der Waals surface area (Å²) in [5.74, 6) is 1.18. The Bertz CT molecular complexity index is 152. The summed E-state index contributed by atoms with van der Waals surface area (Å²) in [4.78, 5) is 0. The molecule has 0 aliphatic carbocycles. The average molecular weight is 175 g/mol. The monoisotopic (exact) mass is 174 g/mol. The van der Waals surface area contributed by atoms with Gasteiger partial charge in [-0.1, -0.05) is 12.2 Å². The molecule has 1 atom stereocenters. The van der Waals surface area contributed by atoms with E-state index < -0.39 is 0 Å². The highest BCUT2D eigenvalue weighted by Crippen LogP contribution is 2.29. The fraction of sp³-hybridized carbons (Fsp3) is 0.778. The first-order valence-corrected chi connectivity index (χ1v) is 4.54. The van der Waals surface area contributed by atoms with Gasteiger partial charge in [0.1, 0.15) is 0 Å². The van der Waals surface area contributed by atoms with Crippen molar-refractivity contribution in [2.45, 2.75) is 25.9 Å². The third kappa shape index (κ3) is 2.84. The molecule has 0 unspecified atom stereocenters. The quantitative estimate of drug-likeness (QED) is 0.462. The molecule has 0 saturated carbocycles. The maximum atomic E-state index is 5.56. The summed E-state index contributed by atoms with van der Waals surface area (Å²) in [6.07, 6.45) is 5.26. The zero-order chi connectivity index (χ0) is 8.32. The van der Waals surface area contributed by atoms with Gasteiger partial charge in [-0.3, -0.25) is 0 Å². The van der Waals surface area contributed by atoms with Crippen molar-refractivity contribution in [2.24, 2.45) is 5.92 Å². The van der Waals surface area contributed by atoms with Gasteiger partial charge in [-0.15, -0.1) is 11.6 Å². The summed E-state index contributed by atoms with van der Waals surface area (Å²) in [5, 5.41) is 0. The topological polar surface area (TPSA) is 9.23 Å². The number of allylic oxidation sites excluding steroid dienone is 1. The number of alkyl halides is 1. The highest BCUT2D eigenvalue weighted by molar-refractivity contribution is 6.18. The van der Waals surface area contributed by atoms with Crippen LogP contribution < -0.4 is 0 Å². The van der Waals surface area contributed by atoms with Crippen LogP contribution in [0.5, 0.6) is 0 Å². The van der Waals surface area contributed by atoms with E-state index in [4.69, 9.17) is 16.3 Å². The predicted molar refractivity (Wildman–Crippen MR) is 48.0 cm³/mol. The molecule has 64 valence electrons. The van der Waals surface area contributed by atoms with E-state index in [0.29, 0.717) is 11.8 Å². The van der Waals surface area contributed by atoms with E-state index in [2.05, 4.69) is 19.9 Å². The third-order valence-corrected chi connectivity index (χ3v) is 2.12. The van der Waals surface area contributed by atoms with Crippen molar-refractivity contribution < 1.29 is 4.74 Å². The van der Waals surface area contributed by atoms with Gasteiger partial charge in [-0.05, 0) is 20.3 Å². The van der Waals surface area contributed by atoms with E-state index >= 15 is 0 Å². The molecule has 1 fully saturated rings. The molecule has 0 aromatic rings. The molecule has 1 nitrogen and oxygen atoms in total. The van der Waals surface area contributed by atoms with E-state index in [1.54, 1.807) is 0 Å². The first kappa shape index (κ1) is 9.08. The Morgan fingerprint density at radius 2 is 2.36 bits per heavy atom. The molecule has 0 N–H and O–H groups in total. The van der Waals surface area contributed by atoms with Crippen molar-refractivity contribution in [3.63, 3.8) is 0 Å². The molecule has 0 aromatic heterocycles. The Labute approximate surface area is 73.4 Å². The Balaban J connectivity index is 2.36. The molecular formula is C9H15ClO. The molecule has 0 bridgehead atoms. The van der Waals surface area contributed by atoms with Crippen molar-refractivity contribution in [1.29, 1.82) is 0 Å². The van der Waals surface area contributed by atoms with Gasteiger partial charge in [0.05, 0.1) is 12.2 Å². The Morgan fingerprint density at radius 3 is 2.82 bits per heavy atom. The second-order valence-electron chi connectivity index (χ2n) is 3.62. The minimum absolute atomic E-state index is 0.0708. The first-order chi connectivity index (χ1) is 5.14. The highest BCUT2D eigenvalue weighted by atomic mass is 35.5. The Morgan fingerprint density at radius 1 is 1.64 bits per heavy atom. The molecular weight excluding hydrogens is 160 g/mol. The predicted octanol–water partition coefficient (Wildman–Crippen LogP) is 2.60. The fourth-order valence-corrected chi connectivity index (χ4v) is 1.55. The van der Waals surface area contributed by atoms with Crippen molar-refractivity contribution in [1.82, 2.24) is 0 Å². The van der Waals surface area contributed by atoms with Crippen LogP contribution in [0.25, 0.3) is 0 Å². The van der Waals surface area contributed by atoms with E-state index in [1.807, 2.05) is 6.08 Å². The zero-order valence-electron chi connectivity index (χ0n) is 7.14. The molecule has 1 aliphatic heterocycles. The lowest BCUT2D eigenvalue weighted by molar-refractivity contribution is 0.0357. The van der Waals surface area contributed by atoms with Crippen molar-refractivity contribution in [3.05, 3.63) is 12.2 Å². The fourth-order valence-electron chi connectivity index (χ4n) is 1.45. The van der Waals surface area contributed by atoms with Crippen LogP contribution in [-0.4, -0.2) is 18.1 Å². The standard InChI is InChI=1S/C9H15ClO/c1-9(2)6-8(7-11-9)4-3-5-10/h3-4,8H,5-7H2,1-2H3/b4-3+/t8-/m1/s1. The lowest BCUT2D eigenvalue weighted by atomic mass is 9.98. The maximum Gasteiger partial charge on any atom is 0.0633 e. The molecule has 2 heteroatoms. The summed E-state index contributed by atoms with van der Waals surface area (Å²) in [6, 6.07) is 0. The third-order valence-electron chi connectivity index (χ3n) is 1.94. The molecule has 1 rings (SSSR count). The molecule has 0 aromatic carbocycles. The lowest BCUT2D eigenvalue weighted by Gasteiger charge is -2.14. The smallest absolute Gasteiger partial charge is 0.0633 e. The Hall–Kier alpha value is -0.0100. The van der Waals surface area contributed by atoms with Crippen LogP contribution in [0.2, 0.25) is 0 Å². The average Bonchev–Trinajstić information content (AvgIpc) is 2.26. The zero-order valence-corrected chi connectivity index (χ0v) is 7.90. The SMILES string of the molecule is CC1(C)C[C@@H](/C=C/CCl)CO1. The van der Waals surface area contributed by atoms with Gasteiger partial charge in [-0.25, -0.2) is 0 Å². The molecule has 0 radical (unpaired) electrons. The number of hydrogen-bond acceptors (Lipinski definition) is 1. The largest absolute Gasteiger partial charge is 0.375 e. The van der Waals surface area contributed by atoms with Crippen LogP contribution in [0.3, 0.4) is 0 Å². The van der Waals surface area contributed by atoms with Crippen molar-refractivity contribution in [3.8, 4) is 0 Å². The summed E-state index contributed by atoms with van der Waals surface area (Å²) in [6.45, 7) is 5.10. The van der Waals surface area contributed by atoms with Crippen LogP contribution in [0.4, 0.5) is 0 Å². The molecule has 0 spiro atoms. The molecule has 1 aliphatic rings. The van der Waals surface area contributed by atoms with Gasteiger partial charge >= 0.3 is 0 Å². The molecule has 1 heterocycles. The number of halogens is 1. The van der Waals surface area contributed by atoms with E-state index in [9.17, 15) is 0 Å². The van der Waals surface area contributed by atoms with E-state index in [1.165, 1.54) is 0 Å². The van der Waals surface area contributed by atoms with E-state index in [-0.39, 0.29) is 5.60 Å². The summed E-state index contributed by atoms with van der Waals surface area (Å²) >= 11 is 5.52. The molecule has 1 saturated heterocycles. The van der Waals surface area contributed by atoms with Crippen LogP contribution in [0.1, 0.15) is 20.3 Å². The van der Waals surface area contributed by atoms with Gasteiger partial charge in [0.15, 0.2) is 0 Å². The minimum Gasteiger partial charge on any atom is -0.375 e. The van der Waals surface area contributed by atoms with Gasteiger partial charge in [0, 0.05) is 11.8 Å². The van der Waals surface area contributed by atoms with Gasteiger partial charge in [-0.2, -0.15) is 0 Å². The summed E-state index contributed by atoms with van der Waals surface area (Å²) in [7, 11) is 0. The summed E-state index contributed by atoms with van der Waals surface area (Å²) in [5.41, 5.74) is 0.0708. The first-order valence-electron chi connectivity index (χ1n) is 4.01. The number of rotatable bonds is 2. The number of hydrogen-bond donors (Lipinski definition) is 0. The molecule has 11 heavy (non-hydrogen) atoms. The summed E-state index contributed by atoms with van der Waals surface area (Å²) < 4.78 is 5.56. The van der Waals surface area contributed by atoms with Crippen molar-refractivity contribution >= 4 is 11.6 Å². The number of ether oxygens (including phenoxy) is 1. The van der Waals surface area contributed by atoms with Crippen LogP contribution >= 0.6 is 11.6 Å².